The van der Waals surface area contributed by atoms with Crippen molar-refractivity contribution in [3.63, 3.8) is 0 Å². The Morgan fingerprint density at radius 2 is 1.79 bits per heavy atom. The monoisotopic (exact) mass is 328 g/mol. The van der Waals surface area contributed by atoms with Gasteiger partial charge in [0.05, 0.1) is 0 Å². The third kappa shape index (κ3) is 3.47. The first-order valence-electron chi connectivity index (χ1n) is 8.97. The minimum absolute atomic E-state index is 0.130. The molecule has 4 heteroatoms. The van der Waals surface area contributed by atoms with E-state index in [-0.39, 0.29) is 23.3 Å². The molecule has 0 spiro atoms. The summed E-state index contributed by atoms with van der Waals surface area (Å²) in [7, 11) is 0. The van der Waals surface area contributed by atoms with Crippen molar-refractivity contribution in [3.8, 4) is 0 Å². The fraction of sp³-hybridized carbons (Fsp3) is 0.600. The normalized spacial score (nSPS) is 24.0. The van der Waals surface area contributed by atoms with Crippen molar-refractivity contribution in [2.75, 3.05) is 19.6 Å². The van der Waals surface area contributed by atoms with Crippen LogP contribution in [-0.2, 0) is 15.0 Å². The molecular weight excluding hydrogens is 300 g/mol. The lowest BCUT2D eigenvalue weighted by molar-refractivity contribution is -0.137. The molecule has 0 aromatic heterocycles. The molecule has 1 aromatic carbocycles. The topological polar surface area (TPSA) is 40.6 Å². The van der Waals surface area contributed by atoms with Crippen molar-refractivity contribution < 1.29 is 9.59 Å². The highest BCUT2D eigenvalue weighted by Crippen LogP contribution is 2.32. The van der Waals surface area contributed by atoms with Crippen LogP contribution in [0.4, 0.5) is 0 Å². The van der Waals surface area contributed by atoms with Gasteiger partial charge in [-0.15, -0.1) is 0 Å². The Hall–Kier alpha value is -1.84. The van der Waals surface area contributed by atoms with Crippen LogP contribution >= 0.6 is 0 Å². The highest BCUT2D eigenvalue weighted by molar-refractivity contribution is 5.79. The SMILES string of the molecule is CC(=O)N1C[C@@H]2CC[C@H](C1)N(C(=O)CC(C)(C)c1ccccc1)C2. The maximum atomic E-state index is 13.0. The summed E-state index contributed by atoms with van der Waals surface area (Å²) in [5, 5.41) is 0. The molecule has 24 heavy (non-hydrogen) atoms. The molecule has 3 fully saturated rings. The average molecular weight is 328 g/mol. The molecule has 4 rings (SSSR count). The molecule has 3 aliphatic rings. The van der Waals surface area contributed by atoms with Crippen molar-refractivity contribution in [3.05, 3.63) is 35.9 Å². The number of piperidine rings is 1. The van der Waals surface area contributed by atoms with E-state index in [4.69, 9.17) is 0 Å². The van der Waals surface area contributed by atoms with E-state index in [9.17, 15) is 9.59 Å². The van der Waals surface area contributed by atoms with Crippen LogP contribution in [0.15, 0.2) is 30.3 Å². The van der Waals surface area contributed by atoms with E-state index in [0.29, 0.717) is 18.9 Å². The molecule has 130 valence electrons. The second-order valence-corrected chi connectivity index (χ2v) is 7.99. The van der Waals surface area contributed by atoms with Gasteiger partial charge in [-0.25, -0.2) is 0 Å². The fourth-order valence-corrected chi connectivity index (χ4v) is 4.12. The van der Waals surface area contributed by atoms with Crippen LogP contribution in [0.25, 0.3) is 0 Å². The first kappa shape index (κ1) is 17.0. The van der Waals surface area contributed by atoms with Crippen molar-refractivity contribution in [1.82, 2.24) is 9.80 Å². The second kappa shape index (κ2) is 6.58. The van der Waals surface area contributed by atoms with Gasteiger partial charge in [0.1, 0.15) is 0 Å². The first-order chi connectivity index (χ1) is 11.4. The Labute approximate surface area is 144 Å². The molecule has 0 radical (unpaired) electrons. The van der Waals surface area contributed by atoms with Gasteiger partial charge in [-0.3, -0.25) is 9.59 Å². The molecule has 4 nitrogen and oxygen atoms in total. The summed E-state index contributed by atoms with van der Waals surface area (Å²) >= 11 is 0. The quantitative estimate of drug-likeness (QED) is 0.856. The lowest BCUT2D eigenvalue weighted by Crippen LogP contribution is -2.48. The third-order valence-corrected chi connectivity index (χ3v) is 5.63. The summed E-state index contributed by atoms with van der Waals surface area (Å²) in [6.07, 6.45) is 2.66. The van der Waals surface area contributed by atoms with E-state index in [1.807, 2.05) is 23.1 Å². The standard InChI is InChI=1S/C20H28N2O2/c1-15(23)21-12-16-9-10-18(14-21)22(13-16)19(24)11-20(2,3)17-7-5-4-6-8-17/h4-8,16,18H,9-14H2,1-3H3/t16-,18+/m0/s1. The summed E-state index contributed by atoms with van der Waals surface area (Å²) in [6.45, 7) is 8.21. The van der Waals surface area contributed by atoms with Crippen LogP contribution in [0.5, 0.6) is 0 Å². The van der Waals surface area contributed by atoms with Crippen LogP contribution in [0.3, 0.4) is 0 Å². The van der Waals surface area contributed by atoms with Gasteiger partial charge >= 0.3 is 0 Å². The molecular formula is C20H28N2O2. The molecule has 0 aliphatic carbocycles. The number of hydrogen-bond acceptors (Lipinski definition) is 2. The van der Waals surface area contributed by atoms with Gasteiger partial charge in [0.2, 0.25) is 11.8 Å². The first-order valence-corrected chi connectivity index (χ1v) is 8.97. The van der Waals surface area contributed by atoms with Gasteiger partial charge < -0.3 is 9.80 Å². The highest BCUT2D eigenvalue weighted by Gasteiger charge is 2.39. The number of amides is 2. The summed E-state index contributed by atoms with van der Waals surface area (Å²) < 4.78 is 0. The highest BCUT2D eigenvalue weighted by atomic mass is 16.2. The molecule has 3 heterocycles. The van der Waals surface area contributed by atoms with Crippen LogP contribution < -0.4 is 0 Å². The number of nitrogens with zero attached hydrogens (tertiary/aromatic N) is 2. The molecule has 0 N–H and O–H groups in total. The molecule has 1 aromatic rings. The smallest absolute Gasteiger partial charge is 0.223 e. The fourth-order valence-electron chi connectivity index (χ4n) is 4.12. The van der Waals surface area contributed by atoms with E-state index in [2.05, 4.69) is 30.9 Å². The minimum Gasteiger partial charge on any atom is -0.341 e. The zero-order valence-electron chi connectivity index (χ0n) is 15.0. The molecule has 2 atom stereocenters. The number of rotatable bonds is 3. The summed E-state index contributed by atoms with van der Waals surface area (Å²) in [6, 6.07) is 10.4. The number of carbonyl (C=O) groups is 2. The number of benzene rings is 1. The Morgan fingerprint density at radius 1 is 1.08 bits per heavy atom. The molecule has 0 unspecified atom stereocenters. The summed E-state index contributed by atoms with van der Waals surface area (Å²) in [5.41, 5.74) is 1.02. The average Bonchev–Trinajstić information content (AvgIpc) is 2.87. The zero-order chi connectivity index (χ0) is 17.3. The maximum absolute atomic E-state index is 13.0. The Morgan fingerprint density at radius 3 is 2.46 bits per heavy atom. The Bertz CT molecular complexity index is 611. The number of fused-ring (bicyclic) bond motifs is 4. The molecule has 3 aliphatic heterocycles. The van der Waals surface area contributed by atoms with Gasteiger partial charge in [-0.2, -0.15) is 0 Å². The summed E-state index contributed by atoms with van der Waals surface area (Å²) in [5.74, 6) is 0.784. The van der Waals surface area contributed by atoms with Crippen molar-refractivity contribution in [2.24, 2.45) is 5.92 Å². The largest absolute Gasteiger partial charge is 0.341 e. The van der Waals surface area contributed by atoms with E-state index < -0.39 is 0 Å². The lowest BCUT2D eigenvalue weighted by Gasteiger charge is -2.38. The molecule has 0 saturated carbocycles. The second-order valence-electron chi connectivity index (χ2n) is 7.99. The van der Waals surface area contributed by atoms with E-state index in [1.54, 1.807) is 6.92 Å². The van der Waals surface area contributed by atoms with E-state index in [1.165, 1.54) is 5.56 Å². The van der Waals surface area contributed by atoms with Gasteiger partial charge in [0.25, 0.3) is 0 Å². The maximum Gasteiger partial charge on any atom is 0.223 e. The van der Waals surface area contributed by atoms with E-state index in [0.717, 1.165) is 25.9 Å². The number of hydrogen-bond donors (Lipinski definition) is 0. The van der Waals surface area contributed by atoms with Crippen LogP contribution in [-0.4, -0.2) is 47.3 Å². The molecule has 3 saturated heterocycles. The van der Waals surface area contributed by atoms with Crippen molar-refractivity contribution in [2.45, 2.75) is 51.5 Å². The van der Waals surface area contributed by atoms with Crippen molar-refractivity contribution in [1.29, 1.82) is 0 Å². The predicted molar refractivity (Wildman–Crippen MR) is 94.6 cm³/mol. The summed E-state index contributed by atoms with van der Waals surface area (Å²) in [4.78, 5) is 28.8. The van der Waals surface area contributed by atoms with Crippen LogP contribution in [0.1, 0.15) is 45.6 Å². The van der Waals surface area contributed by atoms with Crippen LogP contribution in [0, 0.1) is 5.92 Å². The minimum atomic E-state index is -0.176. The van der Waals surface area contributed by atoms with Gasteiger partial charge in [0, 0.05) is 39.0 Å². The van der Waals surface area contributed by atoms with E-state index >= 15 is 0 Å². The number of carbonyl (C=O) groups excluding carboxylic acids is 2. The molecule has 2 amide bonds. The van der Waals surface area contributed by atoms with Crippen LogP contribution in [0.2, 0.25) is 0 Å². The Balaban J connectivity index is 1.72. The molecule has 2 bridgehead atoms. The third-order valence-electron chi connectivity index (χ3n) is 5.63. The Kier molecular flexibility index (Phi) is 4.66. The van der Waals surface area contributed by atoms with Crippen molar-refractivity contribution >= 4 is 11.8 Å². The van der Waals surface area contributed by atoms with Gasteiger partial charge in [-0.05, 0) is 29.7 Å². The van der Waals surface area contributed by atoms with Gasteiger partial charge in [-0.1, -0.05) is 44.2 Å². The lowest BCUT2D eigenvalue weighted by atomic mass is 9.80. The predicted octanol–water partition coefficient (Wildman–Crippen LogP) is 2.82. The van der Waals surface area contributed by atoms with Gasteiger partial charge in [0.15, 0.2) is 0 Å². The zero-order valence-corrected chi connectivity index (χ0v) is 15.0.